The average molecular weight is 308 g/mol. The standard InChI is InChI=1S/C10H8N4.C6H8N2O/c1-12-10-8(9(11)13-14-10)7-5-3-2-4-6-7;1-9-6-4-2-3-5(7)8-6/h2-6H,(H3,11,13,14);2-4H,1H3,(H2,7,8). The smallest absolute Gasteiger partial charge is 0.259 e. The topological polar surface area (TPSA) is 107 Å². The predicted octanol–water partition coefficient (Wildman–Crippen LogP) is 2.88. The highest BCUT2D eigenvalue weighted by molar-refractivity contribution is 5.84. The number of nitrogens with two attached hydrogens (primary N) is 2. The predicted molar refractivity (Wildman–Crippen MR) is 89.9 cm³/mol. The van der Waals surface area contributed by atoms with Gasteiger partial charge in [0, 0.05) is 6.07 Å². The second kappa shape index (κ2) is 7.47. The molecule has 1 aromatic carbocycles. The molecule has 116 valence electrons. The van der Waals surface area contributed by atoms with E-state index in [2.05, 4.69) is 20.0 Å². The van der Waals surface area contributed by atoms with E-state index in [1.165, 1.54) is 0 Å². The van der Waals surface area contributed by atoms with Crippen molar-refractivity contribution >= 4 is 17.5 Å². The van der Waals surface area contributed by atoms with Crippen molar-refractivity contribution in [1.29, 1.82) is 0 Å². The number of aromatic nitrogens is 3. The number of H-pyrrole nitrogens is 1. The molecule has 0 spiro atoms. The minimum Gasteiger partial charge on any atom is -0.481 e. The summed E-state index contributed by atoms with van der Waals surface area (Å²) in [5.74, 6) is 1.78. The minimum atomic E-state index is 0.363. The third kappa shape index (κ3) is 3.98. The van der Waals surface area contributed by atoms with Crippen molar-refractivity contribution in [2.24, 2.45) is 0 Å². The molecule has 0 aliphatic carbocycles. The number of anilines is 2. The van der Waals surface area contributed by atoms with E-state index in [1.807, 2.05) is 30.3 Å². The van der Waals surface area contributed by atoms with Crippen LogP contribution in [-0.4, -0.2) is 22.3 Å². The Hall–Kier alpha value is -3.53. The Morgan fingerprint density at radius 3 is 2.39 bits per heavy atom. The molecule has 2 heterocycles. The highest BCUT2D eigenvalue weighted by atomic mass is 16.5. The summed E-state index contributed by atoms with van der Waals surface area (Å²) in [5.41, 5.74) is 12.6. The van der Waals surface area contributed by atoms with E-state index in [1.54, 1.807) is 25.3 Å². The molecule has 0 unspecified atom stereocenters. The van der Waals surface area contributed by atoms with E-state index in [0.717, 1.165) is 5.56 Å². The van der Waals surface area contributed by atoms with E-state index >= 15 is 0 Å². The molecule has 3 rings (SSSR count). The van der Waals surface area contributed by atoms with Crippen molar-refractivity contribution in [1.82, 2.24) is 15.2 Å². The first kappa shape index (κ1) is 15.9. The van der Waals surface area contributed by atoms with E-state index in [4.69, 9.17) is 22.8 Å². The van der Waals surface area contributed by atoms with Gasteiger partial charge in [-0.1, -0.05) is 48.1 Å². The van der Waals surface area contributed by atoms with Crippen molar-refractivity contribution in [3.8, 4) is 17.0 Å². The highest BCUT2D eigenvalue weighted by Gasteiger charge is 2.11. The lowest BCUT2D eigenvalue weighted by atomic mass is 10.1. The number of hydrogen-bond donors (Lipinski definition) is 3. The van der Waals surface area contributed by atoms with Gasteiger partial charge in [-0.15, -0.1) is 0 Å². The van der Waals surface area contributed by atoms with Gasteiger partial charge in [-0.25, -0.2) is 5.10 Å². The Morgan fingerprint density at radius 1 is 1.09 bits per heavy atom. The molecule has 0 bridgehead atoms. The van der Waals surface area contributed by atoms with Gasteiger partial charge in [-0.2, -0.15) is 4.98 Å². The zero-order valence-corrected chi connectivity index (χ0v) is 12.5. The summed E-state index contributed by atoms with van der Waals surface area (Å²) >= 11 is 0. The number of benzene rings is 1. The Kier molecular flexibility index (Phi) is 5.15. The van der Waals surface area contributed by atoms with Crippen LogP contribution in [0.25, 0.3) is 16.0 Å². The zero-order chi connectivity index (χ0) is 16.7. The van der Waals surface area contributed by atoms with Crippen molar-refractivity contribution in [3.63, 3.8) is 0 Å². The van der Waals surface area contributed by atoms with Gasteiger partial charge < -0.3 is 21.0 Å². The summed E-state index contributed by atoms with van der Waals surface area (Å²) in [4.78, 5) is 7.17. The lowest BCUT2D eigenvalue weighted by Crippen LogP contribution is -1.91. The van der Waals surface area contributed by atoms with Gasteiger partial charge in [0.1, 0.15) is 5.82 Å². The van der Waals surface area contributed by atoms with Gasteiger partial charge in [-0.05, 0) is 11.6 Å². The van der Waals surface area contributed by atoms with Crippen LogP contribution in [0.3, 0.4) is 0 Å². The van der Waals surface area contributed by atoms with Crippen molar-refractivity contribution < 1.29 is 4.74 Å². The van der Waals surface area contributed by atoms with Crippen LogP contribution in [0.4, 0.5) is 17.5 Å². The Morgan fingerprint density at radius 2 is 1.83 bits per heavy atom. The summed E-state index contributed by atoms with van der Waals surface area (Å²) in [7, 11) is 1.56. The lowest BCUT2D eigenvalue weighted by molar-refractivity contribution is 0.398. The monoisotopic (exact) mass is 308 g/mol. The fourth-order valence-corrected chi connectivity index (χ4v) is 1.86. The largest absolute Gasteiger partial charge is 0.481 e. The van der Waals surface area contributed by atoms with Crippen LogP contribution in [0, 0.1) is 6.57 Å². The van der Waals surface area contributed by atoms with E-state index in [9.17, 15) is 0 Å². The summed E-state index contributed by atoms with van der Waals surface area (Å²) in [6.45, 7) is 6.95. The number of hydrogen-bond acceptors (Lipinski definition) is 5. The van der Waals surface area contributed by atoms with Crippen molar-refractivity contribution in [2.75, 3.05) is 18.6 Å². The van der Waals surface area contributed by atoms with Crippen molar-refractivity contribution in [2.45, 2.75) is 0 Å². The first-order valence-corrected chi connectivity index (χ1v) is 6.69. The number of nitrogens with one attached hydrogen (secondary N) is 1. The van der Waals surface area contributed by atoms with Gasteiger partial charge in [0.15, 0.2) is 5.82 Å². The van der Waals surface area contributed by atoms with Gasteiger partial charge >= 0.3 is 0 Å². The second-order valence-electron chi connectivity index (χ2n) is 4.42. The van der Waals surface area contributed by atoms with Crippen LogP contribution in [0.2, 0.25) is 0 Å². The molecule has 0 saturated heterocycles. The Balaban J connectivity index is 0.000000185. The summed E-state index contributed by atoms with van der Waals surface area (Å²) in [6.07, 6.45) is 0. The average Bonchev–Trinajstić information content (AvgIpc) is 2.97. The number of aromatic amines is 1. The molecule has 2 aromatic heterocycles. The number of ether oxygens (including phenoxy) is 1. The molecule has 0 atom stereocenters. The van der Waals surface area contributed by atoms with Crippen LogP contribution in [0.5, 0.6) is 5.88 Å². The van der Waals surface area contributed by atoms with Gasteiger partial charge in [-0.3, -0.25) is 0 Å². The molecule has 5 N–H and O–H groups in total. The molecule has 0 saturated carbocycles. The SMILES string of the molecule is COc1cccc(N)n1.[C-]#[N+]c1[nH]nc(N)c1-c1ccccc1. The Bertz CT molecular complexity index is 807. The van der Waals surface area contributed by atoms with E-state index < -0.39 is 0 Å². The van der Waals surface area contributed by atoms with Crippen LogP contribution in [0.1, 0.15) is 0 Å². The Labute approximate surface area is 133 Å². The summed E-state index contributed by atoms with van der Waals surface area (Å²) < 4.78 is 4.80. The third-order valence-electron chi connectivity index (χ3n) is 2.90. The number of pyridine rings is 1. The lowest BCUT2D eigenvalue weighted by Gasteiger charge is -1.98. The minimum absolute atomic E-state index is 0.363. The maximum Gasteiger partial charge on any atom is 0.259 e. The van der Waals surface area contributed by atoms with Crippen molar-refractivity contribution in [3.05, 3.63) is 59.9 Å². The summed E-state index contributed by atoms with van der Waals surface area (Å²) in [5, 5.41) is 6.40. The normalized spacial score (nSPS) is 9.39. The quantitative estimate of drug-likeness (QED) is 0.631. The number of nitrogens with zero attached hydrogens (tertiary/aromatic N) is 3. The molecule has 0 amide bonds. The van der Waals surface area contributed by atoms with E-state index in [0.29, 0.717) is 28.9 Å². The van der Waals surface area contributed by atoms with Crippen LogP contribution >= 0.6 is 0 Å². The molecule has 7 heteroatoms. The third-order valence-corrected chi connectivity index (χ3v) is 2.90. The second-order valence-corrected chi connectivity index (χ2v) is 4.42. The number of rotatable bonds is 2. The molecule has 0 fully saturated rings. The fourth-order valence-electron chi connectivity index (χ4n) is 1.86. The maximum atomic E-state index is 6.95. The zero-order valence-electron chi connectivity index (χ0n) is 12.5. The molecule has 23 heavy (non-hydrogen) atoms. The first-order valence-electron chi connectivity index (χ1n) is 6.69. The van der Waals surface area contributed by atoms with Gasteiger partial charge in [0.25, 0.3) is 5.82 Å². The highest BCUT2D eigenvalue weighted by Crippen LogP contribution is 2.32. The van der Waals surface area contributed by atoms with Gasteiger partial charge in [0.2, 0.25) is 5.88 Å². The molecule has 0 radical (unpaired) electrons. The van der Waals surface area contributed by atoms with E-state index in [-0.39, 0.29) is 0 Å². The number of methoxy groups -OCH3 is 1. The molecule has 0 aliphatic rings. The van der Waals surface area contributed by atoms with Crippen LogP contribution < -0.4 is 16.2 Å². The fraction of sp³-hybridized carbons (Fsp3) is 0.0625. The molecular formula is C16H16N6O. The van der Waals surface area contributed by atoms with Gasteiger partial charge in [0.05, 0.1) is 12.7 Å². The molecule has 3 aromatic rings. The summed E-state index contributed by atoms with van der Waals surface area (Å²) in [6, 6.07) is 14.8. The molecular weight excluding hydrogens is 292 g/mol. The maximum absolute atomic E-state index is 6.95. The number of nitrogen functional groups attached to an aromatic ring is 2. The first-order chi connectivity index (χ1) is 11.2. The molecule has 0 aliphatic heterocycles. The molecule has 7 nitrogen and oxygen atoms in total. The van der Waals surface area contributed by atoms with Crippen LogP contribution in [-0.2, 0) is 0 Å². The van der Waals surface area contributed by atoms with Crippen LogP contribution in [0.15, 0.2) is 48.5 Å².